The second-order valence-electron chi connectivity index (χ2n) is 7.33. The fourth-order valence-corrected chi connectivity index (χ4v) is 1.87. The Morgan fingerprint density at radius 2 is 1.48 bits per heavy atom. The summed E-state index contributed by atoms with van der Waals surface area (Å²) < 4.78 is 10.6. The molecule has 0 aliphatic carbocycles. The van der Waals surface area contributed by atoms with Gasteiger partial charge in [-0.15, -0.1) is 0 Å². The molecule has 1 rings (SSSR count). The largest absolute Gasteiger partial charge is 0.460 e. The third-order valence-corrected chi connectivity index (χ3v) is 3.20. The van der Waals surface area contributed by atoms with Crippen LogP contribution in [0.15, 0.2) is 12.1 Å². The number of hydrogen-bond donors (Lipinski definition) is 1. The van der Waals surface area contributed by atoms with Crippen molar-refractivity contribution in [2.24, 2.45) is 5.41 Å². The van der Waals surface area contributed by atoms with Crippen molar-refractivity contribution in [3.05, 3.63) is 28.8 Å². The van der Waals surface area contributed by atoms with E-state index in [9.17, 15) is 14.7 Å². The van der Waals surface area contributed by atoms with Gasteiger partial charge in [-0.05, 0) is 77.3 Å². The maximum Gasteiger partial charge on any atom is 0.342 e. The van der Waals surface area contributed by atoms with E-state index in [1.165, 1.54) is 13.8 Å². The number of carbonyl (C=O) groups is 2. The number of aliphatic hydroxyl groups is 1. The van der Waals surface area contributed by atoms with Gasteiger partial charge in [0.2, 0.25) is 0 Å². The number of benzene rings is 1. The lowest BCUT2D eigenvalue weighted by Crippen LogP contribution is -2.35. The molecule has 0 amide bonds. The molecule has 0 aliphatic heterocycles. The summed E-state index contributed by atoms with van der Waals surface area (Å²) in [6.45, 7) is 11.9. The van der Waals surface area contributed by atoms with Crippen LogP contribution < -0.4 is 4.74 Å². The summed E-state index contributed by atoms with van der Waals surface area (Å²) in [5.74, 6) is -0.566. The fourth-order valence-electron chi connectivity index (χ4n) is 1.87. The maximum atomic E-state index is 11.8. The Balaban J connectivity index is 2.90. The lowest BCUT2D eigenvalue weighted by Gasteiger charge is -2.19. The minimum atomic E-state index is -1.56. The van der Waals surface area contributed by atoms with Gasteiger partial charge in [0.25, 0.3) is 0 Å². The quantitative estimate of drug-likeness (QED) is 0.681. The summed E-state index contributed by atoms with van der Waals surface area (Å²) in [5, 5.41) is 9.67. The van der Waals surface area contributed by atoms with Crippen molar-refractivity contribution in [3.63, 3.8) is 0 Å². The highest BCUT2D eigenvalue weighted by atomic mass is 16.6. The Morgan fingerprint density at radius 1 is 1.00 bits per heavy atom. The summed E-state index contributed by atoms with van der Waals surface area (Å²) in [7, 11) is 0. The maximum absolute atomic E-state index is 11.8. The predicted octanol–water partition coefficient (Wildman–Crippen LogP) is 3.07. The number of aryl methyl sites for hydroxylation is 2. The lowest BCUT2D eigenvalue weighted by molar-refractivity contribution is -0.154. The average Bonchev–Trinajstić information content (AvgIpc) is 2.37. The summed E-state index contributed by atoms with van der Waals surface area (Å²) in [6.07, 6.45) is 0. The summed E-state index contributed by atoms with van der Waals surface area (Å²) in [5.41, 5.74) is 0.195. The zero-order chi connectivity index (χ0) is 18.0. The van der Waals surface area contributed by atoms with Crippen LogP contribution in [0.3, 0.4) is 0 Å². The third kappa shape index (κ3) is 5.36. The summed E-state index contributed by atoms with van der Waals surface area (Å²) >= 11 is 0. The van der Waals surface area contributed by atoms with E-state index >= 15 is 0 Å². The molecule has 0 aliphatic rings. The molecule has 1 aromatic carbocycles. The highest BCUT2D eigenvalue weighted by molar-refractivity contribution is 5.81. The molecular weight excluding hydrogens is 296 g/mol. The van der Waals surface area contributed by atoms with E-state index in [1.54, 1.807) is 46.8 Å². The Morgan fingerprint density at radius 3 is 1.87 bits per heavy atom. The van der Waals surface area contributed by atoms with Crippen molar-refractivity contribution in [2.45, 2.75) is 60.7 Å². The third-order valence-electron chi connectivity index (χ3n) is 3.20. The van der Waals surface area contributed by atoms with E-state index in [0.29, 0.717) is 5.75 Å². The molecule has 0 spiro atoms. The van der Waals surface area contributed by atoms with Crippen LogP contribution in [0.1, 0.15) is 51.3 Å². The average molecular weight is 322 g/mol. The molecule has 0 bridgehead atoms. The first-order valence-corrected chi connectivity index (χ1v) is 7.54. The Kier molecular flexibility index (Phi) is 5.59. The molecule has 128 valence electrons. The lowest BCUT2D eigenvalue weighted by atomic mass is 9.97. The number of carbonyl (C=O) groups excluding carboxylic acids is 2. The van der Waals surface area contributed by atoms with Gasteiger partial charge in [-0.1, -0.05) is 0 Å². The predicted molar refractivity (Wildman–Crippen MR) is 87.1 cm³/mol. The van der Waals surface area contributed by atoms with Gasteiger partial charge in [0.15, 0.2) is 5.60 Å². The molecule has 23 heavy (non-hydrogen) atoms. The minimum absolute atomic E-state index is 0.164. The van der Waals surface area contributed by atoms with Crippen LogP contribution in [-0.2, 0) is 20.9 Å². The van der Waals surface area contributed by atoms with Crippen LogP contribution >= 0.6 is 0 Å². The highest BCUT2D eigenvalue weighted by Gasteiger charge is 2.27. The molecule has 1 N–H and O–H groups in total. The van der Waals surface area contributed by atoms with Crippen LogP contribution in [-0.4, -0.2) is 22.6 Å². The molecule has 0 atom stereocenters. The SMILES string of the molecule is Cc1cc(COC(=O)C(C)(C)C)cc(C)c1OC(=O)C(C)(C)O. The van der Waals surface area contributed by atoms with Crippen molar-refractivity contribution in [2.75, 3.05) is 0 Å². The zero-order valence-corrected chi connectivity index (χ0v) is 14.9. The van der Waals surface area contributed by atoms with E-state index in [-0.39, 0.29) is 12.6 Å². The second kappa shape index (κ2) is 6.71. The van der Waals surface area contributed by atoms with Crippen LogP contribution in [0, 0.1) is 19.3 Å². The van der Waals surface area contributed by atoms with E-state index in [4.69, 9.17) is 9.47 Å². The molecule has 0 aromatic heterocycles. The molecule has 0 radical (unpaired) electrons. The van der Waals surface area contributed by atoms with Crippen LogP contribution in [0.5, 0.6) is 5.75 Å². The van der Waals surface area contributed by atoms with Crippen molar-refractivity contribution < 1.29 is 24.2 Å². The van der Waals surface area contributed by atoms with Gasteiger partial charge in [-0.3, -0.25) is 4.79 Å². The standard InChI is InChI=1S/C18H26O5/c1-11-8-13(10-22-15(19)17(3,4)5)9-12(2)14(11)23-16(20)18(6,7)21/h8-9,21H,10H2,1-7H3. The number of ether oxygens (including phenoxy) is 2. The van der Waals surface area contributed by atoms with Crippen molar-refractivity contribution in [1.29, 1.82) is 0 Å². The monoisotopic (exact) mass is 322 g/mol. The van der Waals surface area contributed by atoms with E-state index in [0.717, 1.165) is 16.7 Å². The molecule has 0 heterocycles. The van der Waals surface area contributed by atoms with Crippen molar-refractivity contribution in [3.8, 4) is 5.75 Å². The first-order chi connectivity index (χ1) is 10.3. The number of rotatable bonds is 4. The summed E-state index contributed by atoms with van der Waals surface area (Å²) in [4.78, 5) is 23.6. The normalized spacial score (nSPS) is 12.0. The molecular formula is C18H26O5. The molecule has 0 saturated carbocycles. The Hall–Kier alpha value is -1.88. The van der Waals surface area contributed by atoms with Gasteiger partial charge >= 0.3 is 11.9 Å². The topological polar surface area (TPSA) is 72.8 Å². The van der Waals surface area contributed by atoms with E-state index in [1.807, 2.05) is 0 Å². The zero-order valence-electron chi connectivity index (χ0n) is 14.9. The van der Waals surface area contributed by atoms with Crippen LogP contribution in [0.25, 0.3) is 0 Å². The second-order valence-corrected chi connectivity index (χ2v) is 7.33. The minimum Gasteiger partial charge on any atom is -0.460 e. The number of hydrogen-bond acceptors (Lipinski definition) is 5. The molecule has 0 saturated heterocycles. The Labute approximate surface area is 137 Å². The summed E-state index contributed by atoms with van der Waals surface area (Å²) in [6, 6.07) is 3.60. The van der Waals surface area contributed by atoms with Crippen LogP contribution in [0.2, 0.25) is 0 Å². The van der Waals surface area contributed by atoms with Crippen molar-refractivity contribution >= 4 is 11.9 Å². The van der Waals surface area contributed by atoms with Gasteiger partial charge in [-0.2, -0.15) is 0 Å². The smallest absolute Gasteiger partial charge is 0.342 e. The number of esters is 2. The van der Waals surface area contributed by atoms with Crippen molar-refractivity contribution in [1.82, 2.24) is 0 Å². The first-order valence-electron chi connectivity index (χ1n) is 7.54. The van der Waals surface area contributed by atoms with E-state index < -0.39 is 17.0 Å². The van der Waals surface area contributed by atoms with Gasteiger partial charge in [-0.25, -0.2) is 4.79 Å². The molecule has 5 heteroatoms. The molecule has 0 unspecified atom stereocenters. The fraction of sp³-hybridized carbons (Fsp3) is 0.556. The van der Waals surface area contributed by atoms with Gasteiger partial charge < -0.3 is 14.6 Å². The van der Waals surface area contributed by atoms with Gasteiger partial charge in [0.1, 0.15) is 12.4 Å². The van der Waals surface area contributed by atoms with Crippen LogP contribution in [0.4, 0.5) is 0 Å². The van der Waals surface area contributed by atoms with Gasteiger partial charge in [0, 0.05) is 0 Å². The Bertz CT molecular complexity index is 580. The molecule has 5 nitrogen and oxygen atoms in total. The molecule has 0 fully saturated rings. The molecule has 1 aromatic rings. The first kappa shape index (κ1) is 19.2. The highest BCUT2D eigenvalue weighted by Crippen LogP contribution is 2.27. The van der Waals surface area contributed by atoms with Gasteiger partial charge in [0.05, 0.1) is 5.41 Å². The van der Waals surface area contributed by atoms with E-state index in [2.05, 4.69) is 0 Å².